The molecule has 0 saturated carbocycles. The summed E-state index contributed by atoms with van der Waals surface area (Å²) in [5.41, 5.74) is 16.9. The number of fused-ring (bicyclic) bond motifs is 3. The Morgan fingerprint density at radius 1 is 0.333 bits per heavy atom. The van der Waals surface area contributed by atoms with Gasteiger partial charge in [0.05, 0.1) is 11.4 Å². The quantitative estimate of drug-likeness (QED) is 0.199. The van der Waals surface area contributed by atoms with E-state index < -0.39 is 0 Å². The maximum Gasteiger partial charge on any atom is 0.0715 e. The van der Waals surface area contributed by atoms with Gasteiger partial charge in [0, 0.05) is 16.5 Å². The monoisotopic (exact) mass is 575 g/mol. The third kappa shape index (κ3) is 4.87. The van der Waals surface area contributed by atoms with Gasteiger partial charge in [-0.05, 0) is 79.9 Å². The van der Waals surface area contributed by atoms with Crippen LogP contribution in [0.15, 0.2) is 164 Å². The van der Waals surface area contributed by atoms with Crippen molar-refractivity contribution in [2.24, 2.45) is 0 Å². The summed E-state index contributed by atoms with van der Waals surface area (Å²) in [7, 11) is 0. The summed E-state index contributed by atoms with van der Waals surface area (Å²) in [6.45, 7) is 4.68. The molecular weight excluding hydrogens is 542 g/mol. The predicted molar refractivity (Wildman–Crippen MR) is 189 cm³/mol. The van der Waals surface area contributed by atoms with Crippen molar-refractivity contribution in [3.8, 4) is 67.0 Å². The zero-order valence-corrected chi connectivity index (χ0v) is 25.5. The number of hydrogen-bond donors (Lipinski definition) is 0. The van der Waals surface area contributed by atoms with E-state index in [0.29, 0.717) is 0 Å². The van der Waals surface area contributed by atoms with E-state index in [2.05, 4.69) is 172 Å². The topological polar surface area (TPSA) is 12.9 Å². The first kappa shape index (κ1) is 27.0. The van der Waals surface area contributed by atoms with Crippen LogP contribution < -0.4 is 0 Å². The molecule has 0 fully saturated rings. The molecule has 45 heavy (non-hydrogen) atoms. The molecule has 1 aliphatic carbocycles. The Hall–Kier alpha value is -5.53. The average Bonchev–Trinajstić information content (AvgIpc) is 3.34. The second-order valence-corrected chi connectivity index (χ2v) is 12.4. The molecule has 1 nitrogen and oxygen atoms in total. The summed E-state index contributed by atoms with van der Waals surface area (Å²) >= 11 is 0. The molecule has 0 N–H and O–H groups in total. The molecular formula is C44H33N. The molecule has 1 aromatic heterocycles. The Bertz CT molecular complexity index is 2100. The zero-order valence-electron chi connectivity index (χ0n) is 25.5. The summed E-state index contributed by atoms with van der Waals surface area (Å²) in [4.78, 5) is 5.14. The standard InChI is InChI=1S/C44H33N/c1-44(2)40-19-10-9-18-38(40)39-25-24-35(27-41(39)44)32-22-20-31(21-23-32)34-16-11-17-36(26-34)43-29-37(30-12-5-3-6-13-30)28-42(45-43)33-14-7-4-8-15-33/h3-29H,1-2H3. The lowest BCUT2D eigenvalue weighted by molar-refractivity contribution is 0.660. The van der Waals surface area contributed by atoms with Crippen LogP contribution in [0.25, 0.3) is 67.0 Å². The van der Waals surface area contributed by atoms with Gasteiger partial charge in [0.2, 0.25) is 0 Å². The molecule has 6 aromatic carbocycles. The number of pyridine rings is 1. The van der Waals surface area contributed by atoms with Gasteiger partial charge in [-0.15, -0.1) is 0 Å². The highest BCUT2D eigenvalue weighted by molar-refractivity contribution is 5.84. The first-order valence-corrected chi connectivity index (χ1v) is 15.6. The number of aromatic nitrogens is 1. The Labute approximate surface area is 265 Å². The summed E-state index contributed by atoms with van der Waals surface area (Å²) in [6.07, 6.45) is 0. The van der Waals surface area contributed by atoms with Gasteiger partial charge in [0.15, 0.2) is 0 Å². The maximum atomic E-state index is 5.14. The Morgan fingerprint density at radius 3 is 1.53 bits per heavy atom. The van der Waals surface area contributed by atoms with Crippen LogP contribution in [0.2, 0.25) is 0 Å². The predicted octanol–water partition coefficient (Wildman–Crippen LogP) is 11.7. The second kappa shape index (κ2) is 10.9. The van der Waals surface area contributed by atoms with Gasteiger partial charge in [0.1, 0.15) is 0 Å². The largest absolute Gasteiger partial charge is 0.248 e. The molecule has 1 aliphatic rings. The molecule has 214 valence electrons. The number of benzene rings is 6. The van der Waals surface area contributed by atoms with Gasteiger partial charge in [0.25, 0.3) is 0 Å². The minimum Gasteiger partial charge on any atom is -0.248 e. The average molecular weight is 576 g/mol. The third-order valence-corrected chi connectivity index (χ3v) is 9.30. The molecule has 0 unspecified atom stereocenters. The lowest BCUT2D eigenvalue weighted by Crippen LogP contribution is -2.14. The highest BCUT2D eigenvalue weighted by Crippen LogP contribution is 2.49. The molecule has 1 heterocycles. The van der Waals surface area contributed by atoms with Crippen LogP contribution in [0.4, 0.5) is 0 Å². The molecule has 0 atom stereocenters. The Kier molecular flexibility index (Phi) is 6.54. The number of nitrogens with zero attached hydrogens (tertiary/aromatic N) is 1. The fraction of sp³-hybridized carbons (Fsp3) is 0.0682. The fourth-order valence-corrected chi connectivity index (χ4v) is 6.83. The second-order valence-electron chi connectivity index (χ2n) is 12.4. The van der Waals surface area contributed by atoms with E-state index in [4.69, 9.17) is 4.98 Å². The van der Waals surface area contributed by atoms with Gasteiger partial charge in [-0.3, -0.25) is 0 Å². The van der Waals surface area contributed by atoms with E-state index in [1.165, 1.54) is 50.1 Å². The molecule has 0 amide bonds. The molecule has 0 saturated heterocycles. The van der Waals surface area contributed by atoms with Crippen molar-refractivity contribution in [3.05, 3.63) is 175 Å². The highest BCUT2D eigenvalue weighted by atomic mass is 14.7. The van der Waals surface area contributed by atoms with Crippen molar-refractivity contribution < 1.29 is 0 Å². The fourth-order valence-electron chi connectivity index (χ4n) is 6.83. The normalized spacial score (nSPS) is 12.8. The lowest BCUT2D eigenvalue weighted by Gasteiger charge is -2.22. The van der Waals surface area contributed by atoms with Crippen LogP contribution in [0.3, 0.4) is 0 Å². The number of rotatable bonds is 5. The van der Waals surface area contributed by atoms with Gasteiger partial charge in [-0.1, -0.05) is 153 Å². The lowest BCUT2D eigenvalue weighted by atomic mass is 9.81. The highest BCUT2D eigenvalue weighted by Gasteiger charge is 2.35. The molecule has 0 spiro atoms. The van der Waals surface area contributed by atoms with Gasteiger partial charge in [-0.2, -0.15) is 0 Å². The van der Waals surface area contributed by atoms with Gasteiger partial charge in [-0.25, -0.2) is 4.98 Å². The molecule has 0 bridgehead atoms. The summed E-state index contributed by atoms with van der Waals surface area (Å²) in [5.74, 6) is 0. The zero-order chi connectivity index (χ0) is 30.4. The molecule has 0 radical (unpaired) electrons. The molecule has 8 rings (SSSR count). The first-order chi connectivity index (χ1) is 22.0. The molecule has 0 aliphatic heterocycles. The minimum absolute atomic E-state index is 0.00541. The smallest absolute Gasteiger partial charge is 0.0715 e. The van der Waals surface area contributed by atoms with Crippen LogP contribution in [-0.2, 0) is 5.41 Å². The van der Waals surface area contributed by atoms with Crippen molar-refractivity contribution in [3.63, 3.8) is 0 Å². The number of hydrogen-bond acceptors (Lipinski definition) is 1. The van der Waals surface area contributed by atoms with E-state index in [1.54, 1.807) is 0 Å². The molecule has 1 heteroatoms. The van der Waals surface area contributed by atoms with Crippen molar-refractivity contribution in [1.29, 1.82) is 0 Å². The minimum atomic E-state index is -0.00541. The van der Waals surface area contributed by atoms with Crippen molar-refractivity contribution in [2.75, 3.05) is 0 Å². The SMILES string of the molecule is CC1(C)c2ccccc2-c2ccc(-c3ccc(-c4cccc(-c5cc(-c6ccccc6)cc(-c6ccccc6)n5)c4)cc3)cc21. The van der Waals surface area contributed by atoms with E-state index in [-0.39, 0.29) is 5.41 Å². The van der Waals surface area contributed by atoms with Crippen LogP contribution >= 0.6 is 0 Å². The van der Waals surface area contributed by atoms with E-state index in [1.807, 2.05) is 6.07 Å². The van der Waals surface area contributed by atoms with Crippen LogP contribution in [0.5, 0.6) is 0 Å². The van der Waals surface area contributed by atoms with Crippen LogP contribution in [0.1, 0.15) is 25.0 Å². The summed E-state index contributed by atoms with van der Waals surface area (Å²) in [5, 5.41) is 0. The van der Waals surface area contributed by atoms with Crippen LogP contribution in [0, 0.1) is 0 Å². The molecule has 7 aromatic rings. The van der Waals surface area contributed by atoms with Gasteiger partial charge < -0.3 is 0 Å². The Morgan fingerprint density at radius 2 is 0.822 bits per heavy atom. The third-order valence-electron chi connectivity index (χ3n) is 9.30. The summed E-state index contributed by atoms with van der Waals surface area (Å²) < 4.78 is 0. The summed E-state index contributed by atoms with van der Waals surface area (Å²) in [6, 6.07) is 58.9. The van der Waals surface area contributed by atoms with Crippen molar-refractivity contribution in [2.45, 2.75) is 19.3 Å². The first-order valence-electron chi connectivity index (χ1n) is 15.6. The van der Waals surface area contributed by atoms with Gasteiger partial charge >= 0.3 is 0 Å². The van der Waals surface area contributed by atoms with Crippen molar-refractivity contribution in [1.82, 2.24) is 4.98 Å². The van der Waals surface area contributed by atoms with Crippen LogP contribution in [-0.4, -0.2) is 4.98 Å². The Balaban J connectivity index is 1.13. The van der Waals surface area contributed by atoms with E-state index >= 15 is 0 Å². The van der Waals surface area contributed by atoms with Crippen molar-refractivity contribution >= 4 is 0 Å². The van der Waals surface area contributed by atoms with E-state index in [9.17, 15) is 0 Å². The van der Waals surface area contributed by atoms with E-state index in [0.717, 1.165) is 28.1 Å². The maximum absolute atomic E-state index is 5.14.